The Bertz CT molecular complexity index is 3680. The summed E-state index contributed by atoms with van der Waals surface area (Å²) in [6, 6.07) is 24.7. The van der Waals surface area contributed by atoms with Gasteiger partial charge in [0, 0.05) is 112 Å². The summed E-state index contributed by atoms with van der Waals surface area (Å²) < 4.78 is 68.2. The molecule has 20 nitrogen and oxygen atoms in total. The van der Waals surface area contributed by atoms with E-state index < -0.39 is 37.5 Å². The number of pyridine rings is 1. The lowest BCUT2D eigenvalue weighted by molar-refractivity contribution is -0.384. The molecule has 1 spiro atoms. The van der Waals surface area contributed by atoms with Crippen LogP contribution in [0, 0.1) is 28.4 Å². The normalized spacial score (nSPS) is 24.4. The quantitative estimate of drug-likeness (QED) is 0.0767. The van der Waals surface area contributed by atoms with E-state index in [0.717, 1.165) is 112 Å². The highest BCUT2D eigenvalue weighted by Gasteiger charge is 2.51. The minimum Gasteiger partial charge on any atom is -0.492 e. The van der Waals surface area contributed by atoms with Gasteiger partial charge < -0.3 is 48.5 Å². The molecular formula is C63H72ClN9O11S. The molecule has 7 aliphatic heterocycles. The number of piperazine rings is 1. The Balaban J connectivity index is 0.740. The molecule has 22 heteroatoms. The number of nitrogens with zero attached hydrogens (tertiary/aromatic N) is 6. The van der Waals surface area contributed by atoms with Crippen molar-refractivity contribution in [3.8, 4) is 23.1 Å². The molecule has 2 aromatic heterocycles. The van der Waals surface area contributed by atoms with Crippen LogP contribution >= 0.6 is 11.6 Å². The molecule has 14 rings (SSSR count). The Morgan fingerprint density at radius 3 is 2.51 bits per heavy atom. The highest BCUT2D eigenvalue weighted by atomic mass is 35.5. The van der Waals surface area contributed by atoms with Gasteiger partial charge in [-0.1, -0.05) is 35.9 Å². The highest BCUT2D eigenvalue weighted by molar-refractivity contribution is 7.90. The summed E-state index contributed by atoms with van der Waals surface area (Å²) >= 11 is 6.80. The summed E-state index contributed by atoms with van der Waals surface area (Å²) in [7, 11) is -4.72. The Labute approximate surface area is 499 Å². The van der Waals surface area contributed by atoms with Crippen LogP contribution in [-0.2, 0) is 19.5 Å². The molecule has 5 atom stereocenters. The van der Waals surface area contributed by atoms with Gasteiger partial charge in [0.1, 0.15) is 35.5 Å². The number of nitro benzene ring substituents is 1. The van der Waals surface area contributed by atoms with E-state index in [2.05, 4.69) is 85.7 Å². The second-order valence-electron chi connectivity index (χ2n) is 24.7. The molecule has 1 saturated carbocycles. The third-order valence-electron chi connectivity index (χ3n) is 19.2. The van der Waals surface area contributed by atoms with Crippen molar-refractivity contribution in [3.63, 3.8) is 0 Å². The van der Waals surface area contributed by atoms with Crippen molar-refractivity contribution in [2.45, 2.75) is 119 Å². The van der Waals surface area contributed by atoms with Crippen LogP contribution in [0.3, 0.4) is 0 Å². The first kappa shape index (κ1) is 56.0. The largest absolute Gasteiger partial charge is 0.492 e. The number of nitrogens with one attached hydrogen (secondary N) is 3. The number of hydrogen-bond acceptors (Lipinski definition) is 17. The zero-order chi connectivity index (χ0) is 58.3. The lowest BCUT2D eigenvalue weighted by Crippen LogP contribution is -2.60. The number of ether oxygens (including phenoxy) is 6. The van der Waals surface area contributed by atoms with Gasteiger partial charge in [0.2, 0.25) is 5.88 Å². The molecule has 8 aliphatic rings. The molecule has 0 bridgehead atoms. The molecule has 0 unspecified atom stereocenters. The zero-order valence-electron chi connectivity index (χ0n) is 48.1. The molecule has 448 valence electrons. The first-order valence-corrected chi connectivity index (χ1v) is 32.0. The number of aromatic amines is 1. The minimum absolute atomic E-state index is 0.0227. The van der Waals surface area contributed by atoms with E-state index in [1.165, 1.54) is 17.2 Å². The van der Waals surface area contributed by atoms with Crippen LogP contribution in [0.2, 0.25) is 5.02 Å². The van der Waals surface area contributed by atoms with Crippen LogP contribution in [0.25, 0.3) is 11.0 Å². The topological polar surface area (TPSA) is 215 Å². The van der Waals surface area contributed by atoms with E-state index in [9.17, 15) is 23.3 Å². The summed E-state index contributed by atoms with van der Waals surface area (Å²) in [5.41, 5.74) is 6.04. The predicted molar refractivity (Wildman–Crippen MR) is 322 cm³/mol. The van der Waals surface area contributed by atoms with Gasteiger partial charge in [-0.15, -0.1) is 0 Å². The second-order valence-corrected chi connectivity index (χ2v) is 26.8. The minimum atomic E-state index is -4.72. The van der Waals surface area contributed by atoms with Crippen molar-refractivity contribution in [1.82, 2.24) is 24.5 Å². The first-order chi connectivity index (χ1) is 41.2. The number of aromatic nitrogens is 2. The smallest absolute Gasteiger partial charge is 0.297 e. The molecule has 1 aliphatic carbocycles. The van der Waals surface area contributed by atoms with Gasteiger partial charge >= 0.3 is 0 Å². The number of amides is 1. The monoisotopic (exact) mass is 1200 g/mol. The number of carbonyl (C=O) groups is 1. The fourth-order valence-electron chi connectivity index (χ4n) is 14.9. The summed E-state index contributed by atoms with van der Waals surface area (Å²) in [6.07, 6.45) is 8.49. The maximum absolute atomic E-state index is 15.0. The maximum atomic E-state index is 15.0. The molecule has 4 saturated heterocycles. The first-order valence-electron chi connectivity index (χ1n) is 30.1. The SMILES string of the molecule is Cc1cc(Cl)c2c(c1)[C@H](N1CCN(C3CC4(CCN(c5ccc(C(=O)NS(=O)(=O)c6cc7c(c([N+](=O)[O-])c6)N[C@H](C6CCOCC6)CO7)c(N6c7cc8cc[nH]c8nc7O[C@H]7COCC[C@@H]76)c5)CC4)C3)[C@H](c3ccccc3OC(C)C)C1)CCO2. The number of H-pyrrole nitrogens is 1. The van der Waals surface area contributed by atoms with E-state index in [-0.39, 0.29) is 71.8 Å². The standard InChI is InChI=1S/C63H72ClN9O11S/c1-37(2)83-55-7-5-4-6-44(55)54-34-70(49-14-25-81-59-46(49)26-38(3)27-47(59)64)20-21-71(54)42-32-63(33-42)15-18-69(19-16-63)41-8-9-45(51(29-41)72-50-13-24-80-36-57(50)84-62-53(72)28-40-10-17-65-60(40)67-62)61(74)68-85(77,78)43-30-52(73(75)76)58-56(31-43)82-35-48(66-58)39-11-22-79-23-12-39/h4-10,17,26-31,37,39,42,48-50,54,57,66H,11-16,18-25,32-36H2,1-3H3,(H,65,67)(H,68,74)/t48-,49+,50-,54-,57-/m0/s1. The van der Waals surface area contributed by atoms with E-state index in [1.54, 1.807) is 6.07 Å². The Hall–Kier alpha value is -6.88. The van der Waals surface area contributed by atoms with E-state index in [0.29, 0.717) is 66.8 Å². The fourth-order valence-corrected chi connectivity index (χ4v) is 16.3. The third kappa shape index (κ3) is 10.5. The van der Waals surface area contributed by atoms with E-state index in [4.69, 9.17) is 45.0 Å². The highest BCUT2D eigenvalue weighted by Crippen LogP contribution is 2.55. The molecule has 6 aromatic rings. The fraction of sp³-hybridized carbons (Fsp3) is 0.492. The molecule has 5 fully saturated rings. The summed E-state index contributed by atoms with van der Waals surface area (Å²) in [6.45, 7) is 13.2. The number of carbonyl (C=O) groups excluding carboxylic acids is 1. The van der Waals surface area contributed by atoms with Crippen molar-refractivity contribution in [3.05, 3.63) is 122 Å². The van der Waals surface area contributed by atoms with Gasteiger partial charge in [-0.05, 0) is 125 Å². The van der Waals surface area contributed by atoms with Crippen molar-refractivity contribution in [1.29, 1.82) is 0 Å². The Morgan fingerprint density at radius 1 is 0.882 bits per heavy atom. The van der Waals surface area contributed by atoms with Crippen LogP contribution in [0.1, 0.15) is 104 Å². The third-order valence-corrected chi connectivity index (χ3v) is 20.8. The van der Waals surface area contributed by atoms with Crippen molar-refractivity contribution < 1.29 is 46.6 Å². The number of halogens is 1. The van der Waals surface area contributed by atoms with Gasteiger partial charge in [0.05, 0.1) is 63.5 Å². The number of fused-ring (bicyclic) bond motifs is 5. The second kappa shape index (κ2) is 22.4. The van der Waals surface area contributed by atoms with Crippen molar-refractivity contribution in [2.24, 2.45) is 11.3 Å². The van der Waals surface area contributed by atoms with Crippen LogP contribution in [-0.4, -0.2) is 142 Å². The van der Waals surface area contributed by atoms with E-state index >= 15 is 0 Å². The van der Waals surface area contributed by atoms with Crippen LogP contribution in [0.15, 0.2) is 90.0 Å². The van der Waals surface area contributed by atoms with E-state index in [1.807, 2.05) is 36.5 Å². The molecule has 4 aromatic carbocycles. The van der Waals surface area contributed by atoms with Gasteiger partial charge in [-0.25, -0.2) is 13.1 Å². The molecule has 0 radical (unpaired) electrons. The average Bonchev–Trinajstić information content (AvgIpc) is 2.79. The number of aryl methyl sites for hydroxylation is 1. The number of hydrogen-bond donors (Lipinski definition) is 3. The number of anilines is 4. The molecule has 9 heterocycles. The van der Waals surface area contributed by atoms with Gasteiger partial charge in [0.15, 0.2) is 11.4 Å². The molecule has 1 amide bonds. The zero-order valence-corrected chi connectivity index (χ0v) is 49.7. The van der Waals surface area contributed by atoms with Crippen LogP contribution < -0.4 is 38.8 Å². The number of piperidine rings is 1. The summed E-state index contributed by atoms with van der Waals surface area (Å²) in [4.78, 5) is 44.4. The number of benzene rings is 4. The molecule has 3 N–H and O–H groups in total. The number of rotatable bonds is 12. The number of nitro groups is 1. The Morgan fingerprint density at radius 2 is 1.69 bits per heavy atom. The van der Waals surface area contributed by atoms with Gasteiger partial charge in [0.25, 0.3) is 21.6 Å². The summed E-state index contributed by atoms with van der Waals surface area (Å²) in [5, 5.41) is 17.4. The van der Waals surface area contributed by atoms with Gasteiger partial charge in [-0.2, -0.15) is 4.98 Å². The predicted octanol–water partition coefficient (Wildman–Crippen LogP) is 10.3. The number of para-hydroxylation sites is 1. The van der Waals surface area contributed by atoms with Gasteiger partial charge in [-0.3, -0.25) is 24.7 Å². The van der Waals surface area contributed by atoms with Crippen LogP contribution in [0.5, 0.6) is 23.1 Å². The molecule has 85 heavy (non-hydrogen) atoms. The summed E-state index contributed by atoms with van der Waals surface area (Å²) in [5.74, 6) is 1.38. The van der Waals surface area contributed by atoms with Crippen molar-refractivity contribution in [2.75, 3.05) is 87.5 Å². The van der Waals surface area contributed by atoms with Crippen molar-refractivity contribution >= 4 is 67.0 Å². The maximum Gasteiger partial charge on any atom is 0.297 e. The number of sulfonamides is 1. The Kier molecular flexibility index (Phi) is 14.8. The lowest BCUT2D eigenvalue weighted by atomic mass is 9.59. The lowest BCUT2D eigenvalue weighted by Gasteiger charge is -2.59. The molecular weight excluding hydrogens is 1130 g/mol. The average molecular weight is 1200 g/mol. The van der Waals surface area contributed by atoms with Crippen LogP contribution in [0.4, 0.5) is 28.4 Å².